The fourth-order valence-electron chi connectivity index (χ4n) is 2.08. The van der Waals surface area contributed by atoms with E-state index >= 15 is 0 Å². The van der Waals surface area contributed by atoms with E-state index in [-0.39, 0.29) is 5.69 Å². The number of nitrogens with zero attached hydrogens (tertiary/aromatic N) is 3. The number of nitrogens with two attached hydrogens (primary N) is 1. The summed E-state index contributed by atoms with van der Waals surface area (Å²) in [6.07, 6.45) is 0. The van der Waals surface area contributed by atoms with Gasteiger partial charge in [-0.25, -0.2) is 0 Å². The van der Waals surface area contributed by atoms with Gasteiger partial charge in [0.1, 0.15) is 0 Å². The third-order valence-corrected chi connectivity index (χ3v) is 3.36. The highest BCUT2D eigenvalue weighted by Gasteiger charge is 2.11. The first-order chi connectivity index (χ1) is 9.40. The van der Waals surface area contributed by atoms with E-state index in [2.05, 4.69) is 10.4 Å². The minimum atomic E-state index is -0.463. The second-order valence-corrected chi connectivity index (χ2v) is 4.66. The third-order valence-electron chi connectivity index (χ3n) is 3.36. The van der Waals surface area contributed by atoms with Crippen LogP contribution in [-0.2, 0) is 13.6 Å². The van der Waals surface area contributed by atoms with Crippen molar-refractivity contribution in [2.75, 3.05) is 11.1 Å². The van der Waals surface area contributed by atoms with E-state index < -0.39 is 4.92 Å². The number of benzene rings is 1. The molecule has 2 rings (SSSR count). The Morgan fingerprint density at radius 1 is 1.45 bits per heavy atom. The van der Waals surface area contributed by atoms with Crippen LogP contribution in [0.1, 0.15) is 17.0 Å². The molecule has 7 nitrogen and oxygen atoms in total. The van der Waals surface area contributed by atoms with Crippen LogP contribution in [0.2, 0.25) is 0 Å². The summed E-state index contributed by atoms with van der Waals surface area (Å²) in [5.74, 6) is 0. The summed E-state index contributed by atoms with van der Waals surface area (Å²) in [5, 5.41) is 18.2. The van der Waals surface area contributed by atoms with Gasteiger partial charge in [0.15, 0.2) is 0 Å². The molecular weight excluding hydrogens is 258 g/mol. The summed E-state index contributed by atoms with van der Waals surface area (Å²) in [4.78, 5) is 10.2. The molecular formula is C13H17N5O2. The second kappa shape index (κ2) is 5.20. The molecule has 7 heteroatoms. The Morgan fingerprint density at radius 2 is 2.15 bits per heavy atom. The summed E-state index contributed by atoms with van der Waals surface area (Å²) in [6.45, 7) is 4.52. The number of aromatic nitrogens is 2. The Labute approximate surface area is 116 Å². The van der Waals surface area contributed by atoms with Gasteiger partial charge in [-0.1, -0.05) is 0 Å². The van der Waals surface area contributed by atoms with Gasteiger partial charge in [-0.3, -0.25) is 14.8 Å². The number of anilines is 2. The molecule has 1 heterocycles. The van der Waals surface area contributed by atoms with Crippen molar-refractivity contribution in [1.29, 1.82) is 0 Å². The van der Waals surface area contributed by atoms with Crippen LogP contribution in [0.4, 0.5) is 17.1 Å². The number of hydrogen-bond donors (Lipinski definition) is 2. The van der Waals surface area contributed by atoms with Crippen LogP contribution >= 0.6 is 0 Å². The molecule has 1 aromatic heterocycles. The molecule has 0 saturated heterocycles. The van der Waals surface area contributed by atoms with Crippen LogP contribution in [-0.4, -0.2) is 14.7 Å². The Morgan fingerprint density at radius 3 is 2.65 bits per heavy atom. The molecule has 0 bridgehead atoms. The number of nitrogens with one attached hydrogen (secondary N) is 1. The zero-order valence-corrected chi connectivity index (χ0v) is 11.7. The van der Waals surface area contributed by atoms with Crippen molar-refractivity contribution in [2.24, 2.45) is 7.05 Å². The number of aryl methyl sites for hydroxylation is 2. The first-order valence-corrected chi connectivity index (χ1v) is 6.17. The van der Waals surface area contributed by atoms with E-state index in [0.29, 0.717) is 17.9 Å². The Hall–Kier alpha value is -2.57. The number of nitro benzene ring substituents is 1. The zero-order chi connectivity index (χ0) is 14.9. The normalized spacial score (nSPS) is 10.6. The minimum Gasteiger partial charge on any atom is -0.397 e. The van der Waals surface area contributed by atoms with E-state index in [1.807, 2.05) is 25.6 Å². The predicted octanol–water partition coefficient (Wildman–Crippen LogP) is 2.14. The lowest BCUT2D eigenvalue weighted by Gasteiger charge is -2.09. The quantitative estimate of drug-likeness (QED) is 0.506. The lowest BCUT2D eigenvalue weighted by atomic mass is 10.2. The molecule has 3 N–H and O–H groups in total. The van der Waals surface area contributed by atoms with E-state index in [1.165, 1.54) is 12.1 Å². The van der Waals surface area contributed by atoms with Crippen molar-refractivity contribution in [3.05, 3.63) is 45.3 Å². The van der Waals surface area contributed by atoms with Crippen LogP contribution < -0.4 is 11.1 Å². The molecule has 1 aromatic carbocycles. The van der Waals surface area contributed by atoms with Crippen LogP contribution in [0.15, 0.2) is 18.2 Å². The molecule has 0 unspecified atom stereocenters. The molecule has 106 valence electrons. The number of nitrogen functional groups attached to an aromatic ring is 1. The number of rotatable bonds is 4. The monoisotopic (exact) mass is 275 g/mol. The first kappa shape index (κ1) is 13.9. The minimum absolute atomic E-state index is 0.0122. The third kappa shape index (κ3) is 2.56. The molecule has 0 aliphatic rings. The molecule has 2 aromatic rings. The van der Waals surface area contributed by atoms with Crippen molar-refractivity contribution in [3.8, 4) is 0 Å². The van der Waals surface area contributed by atoms with Gasteiger partial charge in [0.05, 0.1) is 22.0 Å². The van der Waals surface area contributed by atoms with Gasteiger partial charge in [0.2, 0.25) is 0 Å². The van der Waals surface area contributed by atoms with Gasteiger partial charge >= 0.3 is 0 Å². The molecule has 0 saturated carbocycles. The van der Waals surface area contributed by atoms with E-state index in [9.17, 15) is 10.1 Å². The smallest absolute Gasteiger partial charge is 0.271 e. The average molecular weight is 275 g/mol. The highest BCUT2D eigenvalue weighted by Crippen LogP contribution is 2.25. The predicted molar refractivity (Wildman–Crippen MR) is 77.5 cm³/mol. The van der Waals surface area contributed by atoms with Gasteiger partial charge in [-0.2, -0.15) is 5.10 Å². The van der Waals surface area contributed by atoms with Crippen LogP contribution in [0.5, 0.6) is 0 Å². The van der Waals surface area contributed by atoms with E-state index in [0.717, 1.165) is 17.0 Å². The number of non-ortho nitro benzene ring substituents is 1. The highest BCUT2D eigenvalue weighted by atomic mass is 16.6. The number of nitro groups is 1. The van der Waals surface area contributed by atoms with Crippen LogP contribution in [0.25, 0.3) is 0 Å². The van der Waals surface area contributed by atoms with Crippen LogP contribution in [0, 0.1) is 24.0 Å². The molecule has 0 aliphatic heterocycles. The maximum Gasteiger partial charge on any atom is 0.271 e. The van der Waals surface area contributed by atoms with Gasteiger partial charge in [-0.15, -0.1) is 0 Å². The standard InChI is InChI=1S/C13H17N5O2/c1-8-11(9(2)17(3)16-8)7-15-13-5-4-10(18(19)20)6-12(13)14/h4-6,15H,7,14H2,1-3H3. The molecule has 20 heavy (non-hydrogen) atoms. The first-order valence-electron chi connectivity index (χ1n) is 6.17. The van der Waals surface area contributed by atoms with E-state index in [4.69, 9.17) is 5.73 Å². The summed E-state index contributed by atoms with van der Waals surface area (Å²) in [5.41, 5.74) is 9.98. The van der Waals surface area contributed by atoms with Crippen LogP contribution in [0.3, 0.4) is 0 Å². The molecule has 0 amide bonds. The summed E-state index contributed by atoms with van der Waals surface area (Å²) < 4.78 is 1.82. The van der Waals surface area contributed by atoms with Crippen molar-refractivity contribution in [2.45, 2.75) is 20.4 Å². The maximum atomic E-state index is 10.7. The summed E-state index contributed by atoms with van der Waals surface area (Å²) >= 11 is 0. The van der Waals surface area contributed by atoms with Gasteiger partial charge in [-0.05, 0) is 19.9 Å². The van der Waals surface area contributed by atoms with Gasteiger partial charge < -0.3 is 11.1 Å². The number of hydrogen-bond acceptors (Lipinski definition) is 5. The molecule has 0 aliphatic carbocycles. The molecule has 0 atom stereocenters. The van der Waals surface area contributed by atoms with Crippen molar-refractivity contribution in [3.63, 3.8) is 0 Å². The maximum absolute atomic E-state index is 10.7. The summed E-state index contributed by atoms with van der Waals surface area (Å²) in [6, 6.07) is 4.40. The Balaban J connectivity index is 2.17. The Bertz CT molecular complexity index is 663. The lowest BCUT2D eigenvalue weighted by Crippen LogP contribution is -2.05. The van der Waals surface area contributed by atoms with Gasteiger partial charge in [0.25, 0.3) is 5.69 Å². The fraction of sp³-hybridized carbons (Fsp3) is 0.308. The average Bonchev–Trinajstić information content (AvgIpc) is 2.62. The molecule has 0 radical (unpaired) electrons. The zero-order valence-electron chi connectivity index (χ0n) is 11.7. The fourth-order valence-corrected chi connectivity index (χ4v) is 2.08. The van der Waals surface area contributed by atoms with Crippen molar-refractivity contribution >= 4 is 17.1 Å². The van der Waals surface area contributed by atoms with Crippen molar-refractivity contribution in [1.82, 2.24) is 9.78 Å². The topological polar surface area (TPSA) is 99.0 Å². The SMILES string of the molecule is Cc1nn(C)c(C)c1CNc1ccc([N+](=O)[O-])cc1N. The molecule has 0 fully saturated rings. The highest BCUT2D eigenvalue weighted by molar-refractivity contribution is 5.69. The van der Waals surface area contributed by atoms with Crippen molar-refractivity contribution < 1.29 is 4.92 Å². The van der Waals surface area contributed by atoms with Gasteiger partial charge in [0, 0.05) is 37.0 Å². The van der Waals surface area contributed by atoms with E-state index in [1.54, 1.807) is 6.07 Å². The lowest BCUT2D eigenvalue weighted by molar-refractivity contribution is -0.384. The largest absolute Gasteiger partial charge is 0.397 e. The molecule has 0 spiro atoms. The summed E-state index contributed by atoms with van der Waals surface area (Å²) in [7, 11) is 1.89. The second-order valence-electron chi connectivity index (χ2n) is 4.66. The Kier molecular flexibility index (Phi) is 3.60.